The van der Waals surface area contributed by atoms with E-state index < -0.39 is 4.92 Å². The van der Waals surface area contributed by atoms with Crippen molar-refractivity contribution in [2.75, 3.05) is 5.32 Å². The molecule has 0 aliphatic heterocycles. The topological polar surface area (TPSA) is 85.1 Å². The lowest BCUT2D eigenvalue weighted by atomic mass is 10.3. The second-order valence-corrected chi connectivity index (χ2v) is 2.35. The molecule has 0 aliphatic carbocycles. The van der Waals surface area contributed by atoms with Gasteiger partial charge in [0.1, 0.15) is 6.20 Å². The number of pyridine rings is 1. The van der Waals surface area contributed by atoms with Crippen LogP contribution in [0, 0.1) is 17.0 Å². The first kappa shape index (κ1) is 9.11. The molecule has 1 aromatic rings. The highest BCUT2D eigenvalue weighted by atomic mass is 16.6. The van der Waals surface area contributed by atoms with Crippen LogP contribution in [0.2, 0.25) is 0 Å². The summed E-state index contributed by atoms with van der Waals surface area (Å²) in [6.07, 6.45) is 1.60. The van der Waals surface area contributed by atoms with Crippen LogP contribution in [0.25, 0.3) is 0 Å². The first-order valence-electron chi connectivity index (χ1n) is 3.46. The molecule has 0 unspecified atom stereocenters. The Kier molecular flexibility index (Phi) is 2.53. The number of hydrogen-bond donors (Lipinski definition) is 1. The summed E-state index contributed by atoms with van der Waals surface area (Å²) in [5.41, 5.74) is 0.747. The Morgan fingerprint density at radius 2 is 2.38 bits per heavy atom. The van der Waals surface area contributed by atoms with Crippen LogP contribution >= 0.6 is 0 Å². The molecule has 1 rings (SSSR count). The fourth-order valence-electron chi connectivity index (χ4n) is 0.832. The van der Waals surface area contributed by atoms with Crippen molar-refractivity contribution < 1.29 is 9.72 Å². The first-order valence-corrected chi connectivity index (χ1v) is 3.46. The number of nitro groups is 1. The third kappa shape index (κ3) is 1.98. The van der Waals surface area contributed by atoms with Crippen LogP contribution in [-0.2, 0) is 4.79 Å². The summed E-state index contributed by atoms with van der Waals surface area (Å²) in [6, 6.07) is 1.26. The number of rotatable bonds is 3. The molecule has 0 fully saturated rings. The average Bonchev–Trinajstić information content (AvgIpc) is 2.08. The molecule has 0 bridgehead atoms. The molecule has 0 aromatic carbocycles. The van der Waals surface area contributed by atoms with Gasteiger partial charge in [-0.05, 0) is 6.92 Å². The monoisotopic (exact) mass is 181 g/mol. The van der Waals surface area contributed by atoms with Gasteiger partial charge >= 0.3 is 0 Å². The van der Waals surface area contributed by atoms with E-state index in [2.05, 4.69) is 10.3 Å². The van der Waals surface area contributed by atoms with Crippen molar-refractivity contribution in [2.24, 2.45) is 0 Å². The number of aromatic nitrogens is 1. The van der Waals surface area contributed by atoms with E-state index in [0.29, 0.717) is 17.8 Å². The highest BCUT2D eigenvalue weighted by molar-refractivity contribution is 5.73. The fourth-order valence-corrected chi connectivity index (χ4v) is 0.832. The molecule has 1 N–H and O–H groups in total. The van der Waals surface area contributed by atoms with Crippen LogP contribution in [0.5, 0.6) is 0 Å². The highest BCUT2D eigenvalue weighted by Gasteiger charge is 2.08. The minimum absolute atomic E-state index is 0.144. The van der Waals surface area contributed by atoms with Crippen LogP contribution in [0.3, 0.4) is 0 Å². The zero-order valence-corrected chi connectivity index (χ0v) is 6.85. The Balaban J connectivity index is 3.10. The Hall–Kier alpha value is -1.98. The van der Waals surface area contributed by atoms with Crippen molar-refractivity contribution in [3.8, 4) is 0 Å². The van der Waals surface area contributed by atoms with Gasteiger partial charge in [-0.3, -0.25) is 19.9 Å². The van der Waals surface area contributed by atoms with Crippen LogP contribution in [0.4, 0.5) is 11.4 Å². The zero-order valence-electron chi connectivity index (χ0n) is 6.85. The normalized spacial score (nSPS) is 9.31. The molecule has 0 saturated carbocycles. The SMILES string of the molecule is Cc1ncc([N+](=O)[O-])cc1NC=O. The molecule has 0 saturated heterocycles. The largest absolute Gasteiger partial charge is 0.327 e. The minimum atomic E-state index is -0.567. The summed E-state index contributed by atoms with van der Waals surface area (Å²) in [4.78, 5) is 23.6. The predicted octanol–water partition coefficient (Wildman–Crippen LogP) is 0.867. The maximum atomic E-state index is 10.3. The second-order valence-electron chi connectivity index (χ2n) is 2.35. The van der Waals surface area contributed by atoms with Gasteiger partial charge in [-0.15, -0.1) is 0 Å². The first-order chi connectivity index (χ1) is 6.15. The molecule has 0 atom stereocenters. The van der Waals surface area contributed by atoms with E-state index in [4.69, 9.17) is 0 Å². The molecule has 13 heavy (non-hydrogen) atoms. The molecule has 0 spiro atoms. The molecule has 1 amide bonds. The zero-order chi connectivity index (χ0) is 9.84. The van der Waals surface area contributed by atoms with Crippen molar-refractivity contribution in [2.45, 2.75) is 6.92 Å². The number of anilines is 1. The van der Waals surface area contributed by atoms with E-state index >= 15 is 0 Å². The van der Waals surface area contributed by atoms with Crippen molar-refractivity contribution in [3.63, 3.8) is 0 Å². The second kappa shape index (κ2) is 3.61. The van der Waals surface area contributed by atoms with Crippen molar-refractivity contribution >= 4 is 17.8 Å². The fraction of sp³-hybridized carbons (Fsp3) is 0.143. The molecule has 0 radical (unpaired) electrons. The van der Waals surface area contributed by atoms with Gasteiger partial charge in [0.25, 0.3) is 5.69 Å². The number of carbonyl (C=O) groups is 1. The third-order valence-corrected chi connectivity index (χ3v) is 1.50. The average molecular weight is 181 g/mol. The van der Waals surface area contributed by atoms with E-state index in [9.17, 15) is 14.9 Å². The summed E-state index contributed by atoms with van der Waals surface area (Å²) < 4.78 is 0. The number of aryl methyl sites for hydroxylation is 1. The van der Waals surface area contributed by atoms with Gasteiger partial charge in [0.15, 0.2) is 0 Å². The van der Waals surface area contributed by atoms with Crippen LogP contribution in [0.15, 0.2) is 12.3 Å². The molecule has 1 aromatic heterocycles. The summed E-state index contributed by atoms with van der Waals surface area (Å²) in [5.74, 6) is 0. The van der Waals surface area contributed by atoms with E-state index in [1.807, 2.05) is 0 Å². The van der Waals surface area contributed by atoms with E-state index in [-0.39, 0.29) is 5.69 Å². The van der Waals surface area contributed by atoms with Gasteiger partial charge in [-0.25, -0.2) is 0 Å². The van der Waals surface area contributed by atoms with Crippen molar-refractivity contribution in [3.05, 3.63) is 28.1 Å². The maximum Gasteiger partial charge on any atom is 0.289 e. The molecular weight excluding hydrogens is 174 g/mol. The highest BCUT2D eigenvalue weighted by Crippen LogP contribution is 2.18. The van der Waals surface area contributed by atoms with E-state index in [0.717, 1.165) is 6.20 Å². The smallest absolute Gasteiger partial charge is 0.289 e. The lowest BCUT2D eigenvalue weighted by Gasteiger charge is -2.01. The number of amides is 1. The molecule has 6 heteroatoms. The van der Waals surface area contributed by atoms with Gasteiger partial charge in [0, 0.05) is 6.07 Å². The minimum Gasteiger partial charge on any atom is -0.327 e. The summed E-state index contributed by atoms with van der Waals surface area (Å²) >= 11 is 0. The van der Waals surface area contributed by atoms with E-state index in [1.165, 1.54) is 6.07 Å². The summed E-state index contributed by atoms with van der Waals surface area (Å²) in [6.45, 7) is 1.65. The predicted molar refractivity (Wildman–Crippen MR) is 45.3 cm³/mol. The van der Waals surface area contributed by atoms with E-state index in [1.54, 1.807) is 6.92 Å². The lowest BCUT2D eigenvalue weighted by molar-refractivity contribution is -0.385. The Bertz CT molecular complexity index is 351. The van der Waals surface area contributed by atoms with Crippen LogP contribution in [-0.4, -0.2) is 16.3 Å². The Morgan fingerprint density at radius 1 is 1.69 bits per heavy atom. The maximum absolute atomic E-state index is 10.3. The van der Waals surface area contributed by atoms with Crippen LogP contribution < -0.4 is 5.32 Å². The van der Waals surface area contributed by atoms with Gasteiger partial charge in [0.05, 0.1) is 16.3 Å². The van der Waals surface area contributed by atoms with Crippen LogP contribution in [0.1, 0.15) is 5.69 Å². The number of nitrogens with zero attached hydrogens (tertiary/aromatic N) is 2. The van der Waals surface area contributed by atoms with Gasteiger partial charge in [-0.1, -0.05) is 0 Å². The number of hydrogen-bond acceptors (Lipinski definition) is 4. The van der Waals surface area contributed by atoms with Gasteiger partial charge in [-0.2, -0.15) is 0 Å². The molecule has 0 aliphatic rings. The molecule has 1 heterocycles. The standard InChI is InChI=1S/C7H7N3O3/c1-5-7(9-4-11)2-6(3-8-5)10(12)13/h2-4H,1H3,(H,9,11). The molecular formula is C7H7N3O3. The Labute approximate surface area is 73.7 Å². The van der Waals surface area contributed by atoms with Crippen molar-refractivity contribution in [1.29, 1.82) is 0 Å². The quantitative estimate of drug-likeness (QED) is 0.425. The third-order valence-electron chi connectivity index (χ3n) is 1.50. The summed E-state index contributed by atoms with van der Waals surface area (Å²) in [5, 5.41) is 12.6. The van der Waals surface area contributed by atoms with Gasteiger partial charge < -0.3 is 5.32 Å². The molecule has 68 valence electrons. The van der Waals surface area contributed by atoms with Gasteiger partial charge in [0.2, 0.25) is 6.41 Å². The summed E-state index contributed by atoms with van der Waals surface area (Å²) in [7, 11) is 0. The Morgan fingerprint density at radius 3 is 2.92 bits per heavy atom. The van der Waals surface area contributed by atoms with Crippen molar-refractivity contribution in [1.82, 2.24) is 4.98 Å². The molecule has 6 nitrogen and oxygen atoms in total. The number of nitrogens with one attached hydrogen (secondary N) is 1. The number of carbonyl (C=O) groups excluding carboxylic acids is 1. The lowest BCUT2D eigenvalue weighted by Crippen LogP contribution is -1.99.